The lowest BCUT2D eigenvalue weighted by atomic mass is 9.97. The number of hydrogen-bond donors (Lipinski definition) is 1. The number of hydrogen-bond acceptors (Lipinski definition) is 6. The normalized spacial score (nSPS) is 23.5. The van der Waals surface area contributed by atoms with Crippen LogP contribution in [0.2, 0.25) is 5.28 Å². The summed E-state index contributed by atoms with van der Waals surface area (Å²) in [6.45, 7) is 4.46. The number of rotatable bonds is 2. The first-order valence-electron chi connectivity index (χ1n) is 6.01. The Hall–Kier alpha value is -1.47. The van der Waals surface area contributed by atoms with Gasteiger partial charge in [0, 0.05) is 13.1 Å². The molecule has 0 aliphatic carbocycles. The fraction of sp³-hybridized carbons (Fsp3) is 0.636. The Morgan fingerprint density at radius 3 is 2.79 bits per heavy atom. The zero-order valence-corrected chi connectivity index (χ0v) is 11.5. The molecular formula is C11H15ClN4O3. The largest absolute Gasteiger partial charge is 0.393 e. The number of halogens is 1. The summed E-state index contributed by atoms with van der Waals surface area (Å²) in [7, 11) is 0. The first-order valence-corrected chi connectivity index (χ1v) is 6.39. The second-order valence-corrected chi connectivity index (χ2v) is 5.12. The standard InChI is InChI=1S/C11H15ClN4O3/c1-6-5-15(4-3-8(6)17)10-9(16(18)19)7(2)13-11(12)14-10/h6,8,17H,3-5H2,1-2H3. The van der Waals surface area contributed by atoms with Gasteiger partial charge in [-0.05, 0) is 30.9 Å². The van der Waals surface area contributed by atoms with E-state index in [0.717, 1.165) is 0 Å². The van der Waals surface area contributed by atoms with Gasteiger partial charge in [0.25, 0.3) is 0 Å². The summed E-state index contributed by atoms with van der Waals surface area (Å²) in [6, 6.07) is 0. The minimum atomic E-state index is -0.489. The van der Waals surface area contributed by atoms with Gasteiger partial charge in [-0.15, -0.1) is 0 Å². The number of piperidine rings is 1. The molecule has 2 rings (SSSR count). The van der Waals surface area contributed by atoms with E-state index >= 15 is 0 Å². The average molecular weight is 287 g/mol. The molecule has 1 saturated heterocycles. The minimum Gasteiger partial charge on any atom is -0.393 e. The zero-order valence-electron chi connectivity index (χ0n) is 10.7. The molecule has 104 valence electrons. The van der Waals surface area contributed by atoms with E-state index in [0.29, 0.717) is 19.5 Å². The second kappa shape index (κ2) is 5.26. The van der Waals surface area contributed by atoms with Gasteiger partial charge < -0.3 is 10.0 Å². The van der Waals surface area contributed by atoms with E-state index < -0.39 is 4.92 Å². The highest BCUT2D eigenvalue weighted by Crippen LogP contribution is 2.32. The lowest BCUT2D eigenvalue weighted by Crippen LogP contribution is -2.42. The third-order valence-corrected chi connectivity index (χ3v) is 3.52. The summed E-state index contributed by atoms with van der Waals surface area (Å²) in [5.41, 5.74) is 0.131. The van der Waals surface area contributed by atoms with E-state index in [1.807, 2.05) is 6.92 Å². The highest BCUT2D eigenvalue weighted by Gasteiger charge is 2.31. The van der Waals surface area contributed by atoms with Gasteiger partial charge in [0.2, 0.25) is 11.1 Å². The van der Waals surface area contributed by atoms with Crippen molar-refractivity contribution < 1.29 is 10.0 Å². The number of anilines is 1. The first-order chi connectivity index (χ1) is 8.90. The number of aromatic nitrogens is 2. The summed E-state index contributed by atoms with van der Waals surface area (Å²) >= 11 is 5.79. The summed E-state index contributed by atoms with van der Waals surface area (Å²) in [4.78, 5) is 20.3. The number of aliphatic hydroxyl groups excluding tert-OH is 1. The fourth-order valence-electron chi connectivity index (χ4n) is 2.28. The third kappa shape index (κ3) is 2.76. The van der Waals surface area contributed by atoms with E-state index in [2.05, 4.69) is 9.97 Å². The molecular weight excluding hydrogens is 272 g/mol. The van der Waals surface area contributed by atoms with Crippen LogP contribution in [0.4, 0.5) is 11.5 Å². The van der Waals surface area contributed by atoms with Crippen LogP contribution in [0.3, 0.4) is 0 Å². The van der Waals surface area contributed by atoms with Gasteiger partial charge in [-0.1, -0.05) is 6.92 Å². The summed E-state index contributed by atoms with van der Waals surface area (Å²) < 4.78 is 0. The molecule has 0 saturated carbocycles. The molecule has 7 nitrogen and oxygen atoms in total. The summed E-state index contributed by atoms with van der Waals surface area (Å²) in [5.74, 6) is 0.267. The number of aryl methyl sites for hydroxylation is 1. The SMILES string of the molecule is Cc1nc(Cl)nc(N2CCC(O)C(C)C2)c1[N+](=O)[O-]. The average Bonchev–Trinajstić information content (AvgIpc) is 2.31. The number of aliphatic hydroxyl groups is 1. The predicted octanol–water partition coefficient (Wildman–Crippen LogP) is 1.55. The molecule has 0 amide bonds. The zero-order chi connectivity index (χ0) is 14.2. The Morgan fingerprint density at radius 2 is 2.21 bits per heavy atom. The second-order valence-electron chi connectivity index (χ2n) is 4.79. The predicted molar refractivity (Wildman–Crippen MR) is 70.4 cm³/mol. The van der Waals surface area contributed by atoms with Gasteiger partial charge >= 0.3 is 5.69 Å². The Morgan fingerprint density at radius 1 is 1.53 bits per heavy atom. The fourth-order valence-corrected chi connectivity index (χ4v) is 2.49. The number of nitro groups is 1. The van der Waals surface area contributed by atoms with Gasteiger partial charge in [0.1, 0.15) is 5.69 Å². The topological polar surface area (TPSA) is 92.4 Å². The van der Waals surface area contributed by atoms with Crippen molar-refractivity contribution >= 4 is 23.1 Å². The van der Waals surface area contributed by atoms with E-state index in [9.17, 15) is 15.2 Å². The van der Waals surface area contributed by atoms with Crippen molar-refractivity contribution in [2.24, 2.45) is 5.92 Å². The van der Waals surface area contributed by atoms with E-state index in [-0.39, 0.29) is 34.5 Å². The van der Waals surface area contributed by atoms with Crippen LogP contribution in [0.1, 0.15) is 19.0 Å². The molecule has 1 fully saturated rings. The molecule has 0 aromatic carbocycles. The van der Waals surface area contributed by atoms with Crippen molar-refractivity contribution in [3.8, 4) is 0 Å². The van der Waals surface area contributed by atoms with Crippen LogP contribution in [0.5, 0.6) is 0 Å². The lowest BCUT2D eigenvalue weighted by Gasteiger charge is -2.34. The Kier molecular flexibility index (Phi) is 3.86. The first kappa shape index (κ1) is 14.0. The monoisotopic (exact) mass is 286 g/mol. The van der Waals surface area contributed by atoms with Crippen molar-refractivity contribution in [2.45, 2.75) is 26.4 Å². The molecule has 0 spiro atoms. The highest BCUT2D eigenvalue weighted by molar-refractivity contribution is 6.28. The maximum absolute atomic E-state index is 11.1. The van der Waals surface area contributed by atoms with Crippen molar-refractivity contribution in [1.82, 2.24) is 9.97 Å². The van der Waals surface area contributed by atoms with Gasteiger partial charge in [-0.2, -0.15) is 4.98 Å². The molecule has 1 N–H and O–H groups in total. The molecule has 2 atom stereocenters. The molecule has 1 aliphatic rings. The lowest BCUT2D eigenvalue weighted by molar-refractivity contribution is -0.385. The summed E-state index contributed by atoms with van der Waals surface area (Å²) in [5, 5.41) is 20.9. The molecule has 8 heteroatoms. The number of nitrogens with zero attached hydrogens (tertiary/aromatic N) is 4. The van der Waals surface area contributed by atoms with Gasteiger partial charge in [-0.25, -0.2) is 4.98 Å². The summed E-state index contributed by atoms with van der Waals surface area (Å²) in [6.07, 6.45) is 0.174. The Bertz CT molecular complexity index is 511. The van der Waals surface area contributed by atoms with Crippen LogP contribution in [0, 0.1) is 23.0 Å². The third-order valence-electron chi connectivity index (χ3n) is 3.35. The smallest absolute Gasteiger partial charge is 0.332 e. The van der Waals surface area contributed by atoms with Gasteiger partial charge in [0.05, 0.1) is 11.0 Å². The van der Waals surface area contributed by atoms with Crippen LogP contribution in [-0.2, 0) is 0 Å². The van der Waals surface area contributed by atoms with Gasteiger partial charge in [0.15, 0.2) is 0 Å². The molecule has 2 heterocycles. The van der Waals surface area contributed by atoms with Crippen LogP contribution in [-0.4, -0.2) is 39.2 Å². The maximum atomic E-state index is 11.1. The van der Waals surface area contributed by atoms with Crippen LogP contribution in [0.25, 0.3) is 0 Å². The van der Waals surface area contributed by atoms with Crippen LogP contribution >= 0.6 is 11.6 Å². The minimum absolute atomic E-state index is 0.00289. The molecule has 1 aromatic rings. The molecule has 2 unspecified atom stereocenters. The Labute approximate surface area is 115 Å². The van der Waals surface area contributed by atoms with E-state index in [1.165, 1.54) is 6.92 Å². The molecule has 1 aromatic heterocycles. The van der Waals surface area contributed by atoms with Crippen molar-refractivity contribution in [3.05, 3.63) is 21.1 Å². The molecule has 0 radical (unpaired) electrons. The molecule has 1 aliphatic heterocycles. The van der Waals surface area contributed by atoms with Crippen molar-refractivity contribution in [1.29, 1.82) is 0 Å². The van der Waals surface area contributed by atoms with E-state index in [1.54, 1.807) is 4.90 Å². The Balaban J connectivity index is 2.41. The highest BCUT2D eigenvalue weighted by atomic mass is 35.5. The van der Waals surface area contributed by atoms with Gasteiger partial charge in [-0.3, -0.25) is 10.1 Å². The van der Waals surface area contributed by atoms with Crippen LogP contribution < -0.4 is 4.90 Å². The van der Waals surface area contributed by atoms with Crippen LogP contribution in [0.15, 0.2) is 0 Å². The molecule has 19 heavy (non-hydrogen) atoms. The molecule has 0 bridgehead atoms. The maximum Gasteiger partial charge on any atom is 0.332 e. The van der Waals surface area contributed by atoms with Crippen molar-refractivity contribution in [2.75, 3.05) is 18.0 Å². The van der Waals surface area contributed by atoms with Crippen molar-refractivity contribution in [3.63, 3.8) is 0 Å². The quantitative estimate of drug-likeness (QED) is 0.504. The van der Waals surface area contributed by atoms with E-state index in [4.69, 9.17) is 11.6 Å².